The topological polar surface area (TPSA) is 63.7 Å². The first-order valence-corrected chi connectivity index (χ1v) is 7.78. The summed E-state index contributed by atoms with van der Waals surface area (Å²) >= 11 is 5.75. The smallest absolute Gasteiger partial charge is 0.424 e. The minimum atomic E-state index is -3.91. The van der Waals surface area contributed by atoms with Crippen LogP contribution < -0.4 is 0 Å². The van der Waals surface area contributed by atoms with Gasteiger partial charge in [-0.2, -0.15) is 4.31 Å². The molecule has 0 aromatic heterocycles. The molecule has 1 heterocycles. The van der Waals surface area contributed by atoms with Gasteiger partial charge in [0.2, 0.25) is 0 Å². The number of sulfonamides is 1. The zero-order chi connectivity index (χ0) is 14.0. The second-order valence-corrected chi connectivity index (χ2v) is 6.45. The summed E-state index contributed by atoms with van der Waals surface area (Å²) in [6, 6.07) is 5.74. The Labute approximate surface area is 117 Å². The number of cyclic esters (lactones) is 1. The molecule has 104 valence electrons. The molecule has 1 aromatic carbocycles. The van der Waals surface area contributed by atoms with Crippen LogP contribution in [0.5, 0.6) is 0 Å². The lowest BCUT2D eigenvalue weighted by atomic mass is 10.2. The summed E-state index contributed by atoms with van der Waals surface area (Å²) < 4.78 is 30.4. The van der Waals surface area contributed by atoms with E-state index < -0.39 is 22.2 Å². The highest BCUT2D eigenvalue weighted by molar-refractivity contribution is 7.89. The van der Waals surface area contributed by atoms with Crippen molar-refractivity contribution < 1.29 is 17.9 Å². The zero-order valence-corrected chi connectivity index (χ0v) is 11.9. The number of benzene rings is 1. The average Bonchev–Trinajstić information content (AvgIpc) is 2.38. The average molecular weight is 304 g/mol. The molecule has 5 nitrogen and oxygen atoms in total. The molecular formula is C12H14ClNO4S. The van der Waals surface area contributed by atoms with Crippen molar-refractivity contribution in [2.45, 2.75) is 24.3 Å². The van der Waals surface area contributed by atoms with Gasteiger partial charge < -0.3 is 4.74 Å². The summed E-state index contributed by atoms with van der Waals surface area (Å²) in [5.74, 6) is 0.0557. The summed E-state index contributed by atoms with van der Waals surface area (Å²) in [6.45, 7) is 2.04. The highest BCUT2D eigenvalue weighted by Crippen LogP contribution is 2.24. The van der Waals surface area contributed by atoms with Crippen molar-refractivity contribution in [2.75, 3.05) is 12.5 Å². The van der Waals surface area contributed by atoms with Crippen molar-refractivity contribution in [3.05, 3.63) is 29.8 Å². The van der Waals surface area contributed by atoms with E-state index in [1.807, 2.05) is 6.92 Å². The number of halogens is 1. The Bertz CT molecular complexity index is 570. The van der Waals surface area contributed by atoms with Crippen LogP contribution in [0.15, 0.2) is 29.2 Å². The van der Waals surface area contributed by atoms with Crippen molar-refractivity contribution in [1.82, 2.24) is 4.31 Å². The van der Waals surface area contributed by atoms with Gasteiger partial charge in [0.15, 0.2) is 0 Å². The Morgan fingerprint density at radius 2 is 2.00 bits per heavy atom. The van der Waals surface area contributed by atoms with Crippen molar-refractivity contribution in [2.24, 2.45) is 0 Å². The number of rotatable bonds is 3. The molecule has 1 saturated heterocycles. The molecule has 0 N–H and O–H groups in total. The molecule has 0 bridgehead atoms. The summed E-state index contributed by atoms with van der Waals surface area (Å²) in [4.78, 5) is 11.8. The van der Waals surface area contributed by atoms with E-state index in [0.29, 0.717) is 6.42 Å². The number of hydrogen-bond donors (Lipinski definition) is 0. The van der Waals surface area contributed by atoms with E-state index in [1.165, 1.54) is 12.1 Å². The second kappa shape index (κ2) is 5.38. The molecule has 0 spiro atoms. The highest BCUT2D eigenvalue weighted by atomic mass is 35.5. The summed E-state index contributed by atoms with van der Waals surface area (Å²) in [7, 11) is -3.91. The molecule has 1 aliphatic rings. The van der Waals surface area contributed by atoms with Gasteiger partial charge in [-0.3, -0.25) is 0 Å². The number of hydrogen-bond acceptors (Lipinski definition) is 4. The highest BCUT2D eigenvalue weighted by Gasteiger charge is 2.39. The quantitative estimate of drug-likeness (QED) is 0.803. The maximum Gasteiger partial charge on any atom is 0.424 e. The lowest BCUT2D eigenvalue weighted by molar-refractivity contribution is 0.0837. The number of carbonyl (C=O) groups excluding carboxylic acids is 1. The van der Waals surface area contributed by atoms with Gasteiger partial charge in [0.05, 0.1) is 17.5 Å². The summed E-state index contributed by atoms with van der Waals surface area (Å²) in [6.07, 6.45) is -0.460. The van der Waals surface area contributed by atoms with E-state index in [0.717, 1.165) is 9.87 Å². The minimum absolute atomic E-state index is 0.0557. The van der Waals surface area contributed by atoms with Crippen molar-refractivity contribution >= 4 is 27.7 Å². The van der Waals surface area contributed by atoms with Gasteiger partial charge in [0, 0.05) is 12.3 Å². The molecule has 1 amide bonds. The molecule has 19 heavy (non-hydrogen) atoms. The first-order chi connectivity index (χ1) is 8.96. The molecule has 1 fully saturated rings. The van der Waals surface area contributed by atoms with E-state index in [4.69, 9.17) is 16.3 Å². The third kappa shape index (κ3) is 2.69. The number of amides is 1. The lowest BCUT2D eigenvalue weighted by Crippen LogP contribution is -2.49. The van der Waals surface area contributed by atoms with Gasteiger partial charge in [0.25, 0.3) is 10.0 Å². The third-order valence-electron chi connectivity index (χ3n) is 2.94. The molecule has 0 aliphatic carbocycles. The van der Waals surface area contributed by atoms with Gasteiger partial charge in [-0.1, -0.05) is 17.7 Å². The number of alkyl halides is 1. The Balaban J connectivity index is 2.41. The third-order valence-corrected chi connectivity index (χ3v) is 5.13. The van der Waals surface area contributed by atoms with Gasteiger partial charge in [-0.15, -0.1) is 11.6 Å². The van der Waals surface area contributed by atoms with Gasteiger partial charge in [-0.05, 0) is 19.1 Å². The fourth-order valence-electron chi connectivity index (χ4n) is 1.87. The van der Waals surface area contributed by atoms with Crippen LogP contribution in [-0.4, -0.2) is 37.3 Å². The lowest BCUT2D eigenvalue weighted by Gasteiger charge is -2.32. The number of ether oxygens (including phenoxy) is 1. The minimum Gasteiger partial charge on any atom is -0.449 e. The van der Waals surface area contributed by atoms with E-state index in [9.17, 15) is 13.2 Å². The Hall–Kier alpha value is -1.27. The maximum atomic E-state index is 12.4. The molecule has 0 saturated carbocycles. The van der Waals surface area contributed by atoms with Crippen molar-refractivity contribution in [3.63, 3.8) is 0 Å². The Morgan fingerprint density at radius 3 is 2.58 bits per heavy atom. The molecule has 1 atom stereocenters. The Morgan fingerprint density at radius 1 is 1.37 bits per heavy atom. The maximum absolute atomic E-state index is 12.4. The SMILES string of the molecule is Cc1ccc(S(=O)(=O)N2C(=O)OCCC2CCl)cc1. The van der Waals surface area contributed by atoms with Crippen LogP contribution in [0.1, 0.15) is 12.0 Å². The van der Waals surface area contributed by atoms with Gasteiger partial charge in [0.1, 0.15) is 0 Å². The molecule has 1 aliphatic heterocycles. The van der Waals surface area contributed by atoms with E-state index in [1.54, 1.807) is 12.1 Å². The molecule has 1 aromatic rings. The number of nitrogens with zero attached hydrogens (tertiary/aromatic N) is 1. The summed E-state index contributed by atoms with van der Waals surface area (Å²) in [5, 5.41) is 0. The van der Waals surface area contributed by atoms with Crippen LogP contribution in [0.2, 0.25) is 0 Å². The van der Waals surface area contributed by atoms with Crippen LogP contribution in [0, 0.1) is 6.92 Å². The van der Waals surface area contributed by atoms with E-state index in [-0.39, 0.29) is 17.4 Å². The Kier molecular flexibility index (Phi) is 4.01. The fraction of sp³-hybridized carbons (Fsp3) is 0.417. The van der Waals surface area contributed by atoms with Crippen molar-refractivity contribution in [3.8, 4) is 0 Å². The standard InChI is InChI=1S/C12H14ClNO4S/c1-9-2-4-11(5-3-9)19(16,17)14-10(8-13)6-7-18-12(14)15/h2-5,10H,6-8H2,1H3. The van der Waals surface area contributed by atoms with Crippen LogP contribution in [0.25, 0.3) is 0 Å². The first-order valence-electron chi connectivity index (χ1n) is 5.80. The largest absolute Gasteiger partial charge is 0.449 e. The van der Waals surface area contributed by atoms with Gasteiger partial charge in [-0.25, -0.2) is 13.2 Å². The monoisotopic (exact) mass is 303 g/mol. The van der Waals surface area contributed by atoms with Crippen LogP contribution >= 0.6 is 11.6 Å². The summed E-state index contributed by atoms with van der Waals surface area (Å²) in [5.41, 5.74) is 0.939. The van der Waals surface area contributed by atoms with E-state index in [2.05, 4.69) is 0 Å². The second-order valence-electron chi connectivity index (χ2n) is 4.33. The predicted molar refractivity (Wildman–Crippen MR) is 70.7 cm³/mol. The van der Waals surface area contributed by atoms with Crippen LogP contribution in [0.3, 0.4) is 0 Å². The molecule has 2 rings (SSSR count). The molecular weight excluding hydrogens is 290 g/mol. The number of aryl methyl sites for hydroxylation is 1. The zero-order valence-electron chi connectivity index (χ0n) is 10.4. The first kappa shape index (κ1) is 14.1. The van der Waals surface area contributed by atoms with Crippen LogP contribution in [-0.2, 0) is 14.8 Å². The van der Waals surface area contributed by atoms with Gasteiger partial charge >= 0.3 is 6.09 Å². The number of carbonyl (C=O) groups is 1. The van der Waals surface area contributed by atoms with Crippen molar-refractivity contribution in [1.29, 1.82) is 0 Å². The molecule has 7 heteroatoms. The normalized spacial score (nSPS) is 20.2. The van der Waals surface area contributed by atoms with Crippen LogP contribution in [0.4, 0.5) is 4.79 Å². The fourth-order valence-corrected chi connectivity index (χ4v) is 3.77. The molecule has 1 unspecified atom stereocenters. The predicted octanol–water partition coefficient (Wildman–Crippen LogP) is 2.13. The molecule has 0 radical (unpaired) electrons. The van der Waals surface area contributed by atoms with E-state index >= 15 is 0 Å².